The molecule has 0 bridgehead atoms. The molecule has 6 heteroatoms. The molecule has 0 aromatic carbocycles. The van der Waals surface area contributed by atoms with Crippen molar-refractivity contribution in [2.24, 2.45) is 0 Å². The topological polar surface area (TPSA) is 32.7 Å². The molecule has 0 amide bonds. The van der Waals surface area contributed by atoms with Gasteiger partial charge in [0.15, 0.2) is 0 Å². The van der Waals surface area contributed by atoms with Gasteiger partial charge in [0.2, 0.25) is 0 Å². The monoisotopic (exact) mass is 503 g/mol. The first-order valence-corrected chi connectivity index (χ1v) is 14.1. The molecule has 0 saturated heterocycles. The van der Waals surface area contributed by atoms with Gasteiger partial charge in [0, 0.05) is 26.2 Å². The SMILES string of the molecule is CCCCC(F)(F)F.CCCCCC.CCCCO.CCCN(C)CCC.CCCOCCC. The Labute approximate surface area is 213 Å². The first kappa shape index (κ1) is 43.7. The van der Waals surface area contributed by atoms with Crippen LogP contribution in [0.3, 0.4) is 0 Å². The van der Waals surface area contributed by atoms with Crippen LogP contribution in [0.5, 0.6) is 0 Å². The van der Waals surface area contributed by atoms with Crippen molar-refractivity contribution >= 4 is 0 Å². The van der Waals surface area contributed by atoms with Crippen LogP contribution in [0.1, 0.15) is 139 Å². The number of alkyl halides is 3. The second-order valence-electron chi connectivity index (χ2n) is 8.42. The van der Waals surface area contributed by atoms with Crippen LogP contribution in [0.15, 0.2) is 0 Å². The Morgan fingerprint density at radius 2 is 0.971 bits per heavy atom. The number of hydrogen-bond acceptors (Lipinski definition) is 3. The molecule has 3 nitrogen and oxygen atoms in total. The quantitative estimate of drug-likeness (QED) is 0.226. The summed E-state index contributed by atoms with van der Waals surface area (Å²) < 4.78 is 38.9. The molecule has 0 aromatic rings. The Bertz CT molecular complexity index is 275. The molecule has 0 spiro atoms. The van der Waals surface area contributed by atoms with E-state index in [1.165, 1.54) is 51.6 Å². The Balaban J connectivity index is -0.000000104. The average molecular weight is 504 g/mol. The van der Waals surface area contributed by atoms with Crippen molar-refractivity contribution in [2.45, 2.75) is 145 Å². The first-order valence-electron chi connectivity index (χ1n) is 14.1. The van der Waals surface area contributed by atoms with Crippen LogP contribution in [0.4, 0.5) is 13.2 Å². The second kappa shape index (κ2) is 42.8. The minimum absolute atomic E-state index is 0.253. The van der Waals surface area contributed by atoms with E-state index in [2.05, 4.69) is 60.4 Å². The Morgan fingerprint density at radius 1 is 0.588 bits per heavy atom. The lowest BCUT2D eigenvalue weighted by atomic mass is 10.2. The summed E-state index contributed by atoms with van der Waals surface area (Å²) >= 11 is 0. The van der Waals surface area contributed by atoms with Crippen LogP contribution in [0, 0.1) is 0 Å². The highest BCUT2D eigenvalue weighted by molar-refractivity contribution is 4.47. The summed E-state index contributed by atoms with van der Waals surface area (Å²) in [7, 11) is 2.17. The van der Waals surface area contributed by atoms with Gasteiger partial charge in [0.05, 0.1) is 0 Å². The van der Waals surface area contributed by atoms with Crippen molar-refractivity contribution in [3.8, 4) is 0 Å². The average Bonchev–Trinajstić information content (AvgIpc) is 2.79. The van der Waals surface area contributed by atoms with Crippen molar-refractivity contribution in [2.75, 3.05) is 40.0 Å². The normalized spacial score (nSPS) is 10.1. The van der Waals surface area contributed by atoms with Gasteiger partial charge in [-0.25, -0.2) is 0 Å². The molecule has 0 aromatic heterocycles. The molecule has 0 aliphatic carbocycles. The number of hydrogen-bond donors (Lipinski definition) is 1. The molecule has 0 unspecified atom stereocenters. The van der Waals surface area contributed by atoms with Gasteiger partial charge in [-0.05, 0) is 58.7 Å². The third kappa shape index (κ3) is 77.0. The van der Waals surface area contributed by atoms with Gasteiger partial charge in [-0.3, -0.25) is 0 Å². The van der Waals surface area contributed by atoms with Gasteiger partial charge in [-0.15, -0.1) is 0 Å². The number of nitrogens with zero attached hydrogens (tertiary/aromatic N) is 1. The van der Waals surface area contributed by atoms with E-state index < -0.39 is 12.6 Å². The van der Waals surface area contributed by atoms with Gasteiger partial charge in [0.25, 0.3) is 0 Å². The van der Waals surface area contributed by atoms with Gasteiger partial charge >= 0.3 is 6.18 Å². The van der Waals surface area contributed by atoms with E-state index in [0.717, 1.165) is 38.9 Å². The Morgan fingerprint density at radius 3 is 1.15 bits per heavy atom. The second-order valence-corrected chi connectivity index (χ2v) is 8.42. The van der Waals surface area contributed by atoms with E-state index in [1.807, 2.05) is 0 Å². The first-order chi connectivity index (χ1) is 16.1. The maximum Gasteiger partial charge on any atom is 0.389 e. The van der Waals surface area contributed by atoms with Crippen LogP contribution in [-0.2, 0) is 4.74 Å². The Kier molecular flexibility index (Phi) is 55.0. The van der Waals surface area contributed by atoms with Crippen LogP contribution < -0.4 is 0 Å². The third-order valence-corrected chi connectivity index (χ3v) is 4.19. The van der Waals surface area contributed by atoms with Crippen molar-refractivity contribution in [1.29, 1.82) is 0 Å². The van der Waals surface area contributed by atoms with Gasteiger partial charge < -0.3 is 14.7 Å². The number of rotatable bonds is 15. The van der Waals surface area contributed by atoms with Gasteiger partial charge in [-0.2, -0.15) is 13.2 Å². The van der Waals surface area contributed by atoms with Gasteiger partial charge in [0.1, 0.15) is 0 Å². The highest BCUT2D eigenvalue weighted by Crippen LogP contribution is 2.21. The molecular weight excluding hydrogens is 439 g/mol. The fraction of sp³-hybridized carbons (Fsp3) is 1.00. The molecule has 1 N–H and O–H groups in total. The van der Waals surface area contributed by atoms with Crippen LogP contribution in [0.25, 0.3) is 0 Å². The Hall–Kier alpha value is -0.330. The summed E-state index contributed by atoms with van der Waals surface area (Å²) in [4.78, 5) is 2.36. The summed E-state index contributed by atoms with van der Waals surface area (Å²) in [6.45, 7) is 21.6. The smallest absolute Gasteiger partial charge is 0.389 e. The number of aliphatic hydroxyl groups is 1. The minimum atomic E-state index is -3.95. The van der Waals surface area contributed by atoms with Crippen molar-refractivity contribution in [3.63, 3.8) is 0 Å². The van der Waals surface area contributed by atoms with E-state index >= 15 is 0 Å². The molecular formula is C28H64F3NO2. The summed E-state index contributed by atoms with van der Waals surface area (Å²) in [5.41, 5.74) is 0. The van der Waals surface area contributed by atoms with Crippen molar-refractivity contribution in [1.82, 2.24) is 4.90 Å². The predicted octanol–water partition coefficient (Wildman–Crippen LogP) is 9.67. The standard InChI is InChI=1S/C7H17N.C6H14O.C6H14.C5H9F3.C4H10O/c1-4-6-8(3)7-5-2;1-3-5-7-6-4-2;1-3-5-6-4-2;1-2-3-4-5(6,7)8;1-2-3-4-5/h4-7H2,1-3H3;3-6H2,1-2H3;3-6H2,1-2H3;2-4H2,1H3;5H,2-4H2,1H3. The number of unbranched alkanes of at least 4 members (excludes halogenated alkanes) is 5. The summed E-state index contributed by atoms with van der Waals surface area (Å²) in [5, 5.41) is 8.07. The molecule has 0 aliphatic rings. The highest BCUT2D eigenvalue weighted by Gasteiger charge is 2.25. The number of ether oxygens (including phenoxy) is 1. The lowest BCUT2D eigenvalue weighted by molar-refractivity contribution is -0.135. The zero-order valence-electron chi connectivity index (χ0n) is 24.7. The molecule has 0 atom stereocenters. The van der Waals surface area contributed by atoms with Crippen molar-refractivity contribution < 1.29 is 23.0 Å². The van der Waals surface area contributed by atoms with E-state index in [4.69, 9.17) is 9.84 Å². The lowest BCUT2D eigenvalue weighted by Gasteiger charge is -2.12. The molecule has 34 heavy (non-hydrogen) atoms. The van der Waals surface area contributed by atoms with Crippen molar-refractivity contribution in [3.05, 3.63) is 0 Å². The van der Waals surface area contributed by atoms with E-state index in [0.29, 0.717) is 13.0 Å². The number of halogens is 3. The number of aliphatic hydroxyl groups excluding tert-OH is 1. The van der Waals surface area contributed by atoms with Crippen LogP contribution in [-0.4, -0.2) is 56.1 Å². The molecule has 0 aliphatic heterocycles. The molecule has 0 rings (SSSR count). The zero-order chi connectivity index (χ0) is 27.5. The third-order valence-electron chi connectivity index (χ3n) is 4.19. The molecule has 0 fully saturated rings. The molecule has 0 saturated carbocycles. The molecule has 214 valence electrons. The zero-order valence-corrected chi connectivity index (χ0v) is 24.7. The maximum absolute atomic E-state index is 11.2. The van der Waals surface area contributed by atoms with Crippen LogP contribution in [0.2, 0.25) is 0 Å². The van der Waals surface area contributed by atoms with Crippen LogP contribution >= 0.6 is 0 Å². The lowest BCUT2D eigenvalue weighted by Crippen LogP contribution is -2.19. The predicted molar refractivity (Wildman–Crippen MR) is 147 cm³/mol. The fourth-order valence-electron chi connectivity index (χ4n) is 2.30. The summed E-state index contributed by atoms with van der Waals surface area (Å²) in [5.74, 6) is 0. The molecule has 0 heterocycles. The van der Waals surface area contributed by atoms with E-state index in [1.54, 1.807) is 6.92 Å². The summed E-state index contributed by atoms with van der Waals surface area (Å²) in [6.07, 6.45) is 8.68. The maximum atomic E-state index is 11.2. The van der Waals surface area contributed by atoms with E-state index in [-0.39, 0.29) is 6.42 Å². The highest BCUT2D eigenvalue weighted by atomic mass is 19.4. The molecule has 0 radical (unpaired) electrons. The van der Waals surface area contributed by atoms with E-state index in [9.17, 15) is 13.2 Å². The van der Waals surface area contributed by atoms with Gasteiger partial charge in [-0.1, -0.05) is 93.9 Å². The largest absolute Gasteiger partial charge is 0.396 e. The summed E-state index contributed by atoms with van der Waals surface area (Å²) in [6, 6.07) is 0. The fourth-order valence-corrected chi connectivity index (χ4v) is 2.30. The minimum Gasteiger partial charge on any atom is -0.396 e.